The van der Waals surface area contributed by atoms with Crippen LogP contribution in [-0.2, 0) is 22.4 Å². The molecule has 5 nitrogen and oxygen atoms in total. The lowest BCUT2D eigenvalue weighted by Gasteiger charge is -2.21. The number of benzene rings is 1. The Morgan fingerprint density at radius 3 is 2.73 bits per heavy atom. The van der Waals surface area contributed by atoms with Crippen molar-refractivity contribution in [2.24, 2.45) is 11.8 Å². The molecule has 1 saturated heterocycles. The van der Waals surface area contributed by atoms with Crippen molar-refractivity contribution in [3.63, 3.8) is 0 Å². The van der Waals surface area contributed by atoms with Crippen molar-refractivity contribution in [1.82, 2.24) is 10.2 Å². The molecule has 2 aromatic rings. The van der Waals surface area contributed by atoms with E-state index in [2.05, 4.69) is 38.2 Å². The number of amides is 2. The Labute approximate surface area is 154 Å². The molecule has 1 aromatic heterocycles. The summed E-state index contributed by atoms with van der Waals surface area (Å²) < 4.78 is 5.62. The lowest BCUT2D eigenvalue weighted by Crippen LogP contribution is -2.41. The third kappa shape index (κ3) is 3.76. The van der Waals surface area contributed by atoms with Crippen LogP contribution in [0.4, 0.5) is 0 Å². The molecule has 2 atom stereocenters. The van der Waals surface area contributed by atoms with E-state index in [9.17, 15) is 9.59 Å². The van der Waals surface area contributed by atoms with E-state index in [0.717, 1.165) is 23.0 Å². The quantitative estimate of drug-likeness (QED) is 0.895. The van der Waals surface area contributed by atoms with Gasteiger partial charge in [0, 0.05) is 36.9 Å². The van der Waals surface area contributed by atoms with Crippen LogP contribution in [-0.4, -0.2) is 35.8 Å². The van der Waals surface area contributed by atoms with Crippen LogP contribution in [0.25, 0.3) is 11.0 Å². The largest absolute Gasteiger partial charge is 0.464 e. The van der Waals surface area contributed by atoms with Gasteiger partial charge in [-0.1, -0.05) is 26.8 Å². The van der Waals surface area contributed by atoms with Gasteiger partial charge in [0.1, 0.15) is 5.58 Å². The van der Waals surface area contributed by atoms with E-state index in [1.54, 1.807) is 6.26 Å². The second-order valence-electron chi connectivity index (χ2n) is 7.64. The van der Waals surface area contributed by atoms with Crippen LogP contribution in [0.3, 0.4) is 0 Å². The normalized spacial score (nSPS) is 20.1. The van der Waals surface area contributed by atoms with E-state index in [1.807, 2.05) is 11.0 Å². The maximum atomic E-state index is 12.9. The molecule has 1 aromatic carbocycles. The zero-order valence-electron chi connectivity index (χ0n) is 16.0. The molecule has 2 unspecified atom stereocenters. The Hall–Kier alpha value is -2.30. The molecule has 0 aliphatic carbocycles. The van der Waals surface area contributed by atoms with Gasteiger partial charge in [0.25, 0.3) is 0 Å². The molecule has 26 heavy (non-hydrogen) atoms. The zero-order chi connectivity index (χ0) is 18.8. The van der Waals surface area contributed by atoms with Crippen LogP contribution in [0.5, 0.6) is 0 Å². The smallest absolute Gasteiger partial charge is 0.227 e. The second kappa shape index (κ2) is 7.52. The van der Waals surface area contributed by atoms with E-state index in [0.29, 0.717) is 25.4 Å². The van der Waals surface area contributed by atoms with Crippen LogP contribution in [0, 0.1) is 11.8 Å². The number of likely N-dealkylation sites (tertiary alicyclic amines) is 1. The molecule has 2 amide bonds. The number of carbonyl (C=O) groups is 2. The Balaban J connectivity index is 1.75. The summed E-state index contributed by atoms with van der Waals surface area (Å²) in [5, 5.41) is 4.03. The van der Waals surface area contributed by atoms with E-state index in [1.165, 1.54) is 12.5 Å². The minimum absolute atomic E-state index is 0.0317. The van der Waals surface area contributed by atoms with E-state index < -0.39 is 0 Å². The molecule has 2 heterocycles. The van der Waals surface area contributed by atoms with Crippen molar-refractivity contribution in [3.8, 4) is 0 Å². The number of fused-ring (bicyclic) bond motifs is 1. The van der Waals surface area contributed by atoms with Crippen molar-refractivity contribution in [2.45, 2.75) is 46.6 Å². The predicted octanol–water partition coefficient (Wildman–Crippen LogP) is 3.16. The first-order valence-corrected chi connectivity index (χ1v) is 9.43. The number of hydrogen-bond donors (Lipinski definition) is 1. The summed E-state index contributed by atoms with van der Waals surface area (Å²) in [6.07, 6.45) is 2.98. The number of nitrogens with zero attached hydrogens (tertiary/aromatic N) is 1. The van der Waals surface area contributed by atoms with Crippen molar-refractivity contribution in [2.75, 3.05) is 13.1 Å². The van der Waals surface area contributed by atoms with Gasteiger partial charge in [-0.15, -0.1) is 0 Å². The van der Waals surface area contributed by atoms with Crippen LogP contribution in [0.1, 0.15) is 38.8 Å². The van der Waals surface area contributed by atoms with Crippen molar-refractivity contribution < 1.29 is 14.0 Å². The Morgan fingerprint density at radius 1 is 1.31 bits per heavy atom. The molecule has 1 aliphatic heterocycles. The summed E-state index contributed by atoms with van der Waals surface area (Å²) >= 11 is 0. The SMILES string of the molecule is CCc1ccc2occ(CC(=O)N3CC(NC(C)=O)C(C(C)C)C3)c2c1. The highest BCUT2D eigenvalue weighted by Gasteiger charge is 2.37. The average molecular weight is 356 g/mol. The molecule has 3 rings (SSSR count). The lowest BCUT2D eigenvalue weighted by atomic mass is 9.91. The number of furan rings is 1. The lowest BCUT2D eigenvalue weighted by molar-refractivity contribution is -0.130. The predicted molar refractivity (Wildman–Crippen MR) is 102 cm³/mol. The van der Waals surface area contributed by atoms with Crippen LogP contribution < -0.4 is 5.32 Å². The first kappa shape index (κ1) is 18.5. The molecular weight excluding hydrogens is 328 g/mol. The fraction of sp³-hybridized carbons (Fsp3) is 0.524. The minimum Gasteiger partial charge on any atom is -0.464 e. The van der Waals surface area contributed by atoms with Crippen LogP contribution in [0.2, 0.25) is 0 Å². The highest BCUT2D eigenvalue weighted by molar-refractivity contribution is 5.88. The van der Waals surface area contributed by atoms with Crippen LogP contribution in [0.15, 0.2) is 28.9 Å². The van der Waals surface area contributed by atoms with Crippen molar-refractivity contribution in [1.29, 1.82) is 0 Å². The molecule has 5 heteroatoms. The molecule has 0 radical (unpaired) electrons. The first-order valence-electron chi connectivity index (χ1n) is 9.43. The zero-order valence-corrected chi connectivity index (χ0v) is 16.0. The first-order chi connectivity index (χ1) is 12.4. The monoisotopic (exact) mass is 356 g/mol. The number of hydrogen-bond acceptors (Lipinski definition) is 3. The summed E-state index contributed by atoms with van der Waals surface area (Å²) in [6, 6.07) is 6.18. The molecule has 1 aliphatic rings. The third-order valence-electron chi connectivity index (χ3n) is 5.43. The highest BCUT2D eigenvalue weighted by atomic mass is 16.3. The van der Waals surface area contributed by atoms with Gasteiger partial charge in [-0.05, 0) is 30.0 Å². The van der Waals surface area contributed by atoms with E-state index in [4.69, 9.17) is 4.42 Å². The van der Waals surface area contributed by atoms with Crippen LogP contribution >= 0.6 is 0 Å². The van der Waals surface area contributed by atoms with Gasteiger partial charge in [-0.2, -0.15) is 0 Å². The van der Waals surface area contributed by atoms with Gasteiger partial charge < -0.3 is 14.6 Å². The number of nitrogens with one attached hydrogen (secondary N) is 1. The van der Waals surface area contributed by atoms with Gasteiger partial charge in [0.15, 0.2) is 0 Å². The van der Waals surface area contributed by atoms with Gasteiger partial charge in [0.05, 0.1) is 18.7 Å². The fourth-order valence-corrected chi connectivity index (χ4v) is 3.88. The summed E-state index contributed by atoms with van der Waals surface area (Å²) in [6.45, 7) is 9.21. The molecule has 0 spiro atoms. The van der Waals surface area contributed by atoms with E-state index in [-0.39, 0.29) is 23.8 Å². The fourth-order valence-electron chi connectivity index (χ4n) is 3.88. The summed E-state index contributed by atoms with van der Waals surface area (Å²) in [5.41, 5.74) is 2.99. The maximum Gasteiger partial charge on any atom is 0.227 e. The second-order valence-corrected chi connectivity index (χ2v) is 7.64. The Bertz CT molecular complexity index is 809. The average Bonchev–Trinajstić information content (AvgIpc) is 3.18. The molecule has 1 fully saturated rings. The highest BCUT2D eigenvalue weighted by Crippen LogP contribution is 2.27. The minimum atomic E-state index is -0.0390. The number of aryl methyl sites for hydroxylation is 1. The number of carbonyl (C=O) groups excluding carboxylic acids is 2. The molecule has 0 saturated carbocycles. The summed E-state index contributed by atoms with van der Waals surface area (Å²) in [4.78, 5) is 26.2. The van der Waals surface area contributed by atoms with E-state index >= 15 is 0 Å². The number of rotatable bonds is 5. The molecular formula is C21H28N2O3. The van der Waals surface area contributed by atoms with Gasteiger partial charge in [-0.25, -0.2) is 0 Å². The van der Waals surface area contributed by atoms with Crippen molar-refractivity contribution in [3.05, 3.63) is 35.6 Å². The summed E-state index contributed by atoms with van der Waals surface area (Å²) in [7, 11) is 0. The van der Waals surface area contributed by atoms with Gasteiger partial charge >= 0.3 is 0 Å². The maximum absolute atomic E-state index is 12.9. The Kier molecular flexibility index (Phi) is 5.35. The van der Waals surface area contributed by atoms with Gasteiger partial charge in [-0.3, -0.25) is 9.59 Å². The summed E-state index contributed by atoms with van der Waals surface area (Å²) in [5.74, 6) is 0.748. The molecule has 140 valence electrons. The Morgan fingerprint density at radius 2 is 2.08 bits per heavy atom. The standard InChI is InChI=1S/C21H28N2O3/c1-5-15-6-7-20-17(8-15)16(12-26-20)9-21(25)23-10-18(13(2)3)19(11-23)22-14(4)24/h6-8,12-13,18-19H,5,9-11H2,1-4H3,(H,22,24). The molecule has 1 N–H and O–H groups in total. The third-order valence-corrected chi connectivity index (χ3v) is 5.43. The topological polar surface area (TPSA) is 62.6 Å². The molecule has 0 bridgehead atoms. The van der Waals surface area contributed by atoms with Gasteiger partial charge in [0.2, 0.25) is 11.8 Å². The van der Waals surface area contributed by atoms with Crippen molar-refractivity contribution >= 4 is 22.8 Å².